The lowest BCUT2D eigenvalue weighted by molar-refractivity contribution is 0.0234. The number of aromatic hydroxyl groups is 1. The summed E-state index contributed by atoms with van der Waals surface area (Å²) in [6, 6.07) is 11.0. The predicted molar refractivity (Wildman–Crippen MR) is 96.6 cm³/mol. The van der Waals surface area contributed by atoms with Crippen LogP contribution in [0.15, 0.2) is 55.0 Å². The maximum absolute atomic E-state index is 12.7. The standard InChI is InChI=1S/C20H19N3O3/c24-15-8-13(9-15)19(23-20(26)16-5-6-21-11-18(16)25)14-7-12-3-1-2-4-17(12)22-10-14/h1-7,10-11,13,15,19,24-25H,8-9H2,(H,23,26). The highest BCUT2D eigenvalue weighted by Gasteiger charge is 2.36. The van der Waals surface area contributed by atoms with Gasteiger partial charge in [0.1, 0.15) is 5.75 Å². The lowest BCUT2D eigenvalue weighted by Gasteiger charge is -2.38. The van der Waals surface area contributed by atoms with E-state index in [1.165, 1.54) is 18.5 Å². The molecule has 1 fully saturated rings. The van der Waals surface area contributed by atoms with Crippen LogP contribution in [0, 0.1) is 5.92 Å². The van der Waals surface area contributed by atoms with E-state index in [-0.39, 0.29) is 35.3 Å². The van der Waals surface area contributed by atoms with Crippen molar-refractivity contribution in [2.45, 2.75) is 25.0 Å². The molecule has 4 rings (SSSR count). The maximum Gasteiger partial charge on any atom is 0.255 e. The van der Waals surface area contributed by atoms with Crippen molar-refractivity contribution in [1.82, 2.24) is 15.3 Å². The highest BCUT2D eigenvalue weighted by Crippen LogP contribution is 2.38. The summed E-state index contributed by atoms with van der Waals surface area (Å²) in [5.74, 6) is -0.403. The molecule has 0 spiro atoms. The molecule has 0 radical (unpaired) electrons. The molecule has 2 heterocycles. The molecule has 1 aliphatic carbocycles. The summed E-state index contributed by atoms with van der Waals surface area (Å²) in [6.45, 7) is 0. The van der Waals surface area contributed by atoms with Crippen molar-refractivity contribution in [3.63, 3.8) is 0 Å². The van der Waals surface area contributed by atoms with Crippen LogP contribution in [0.3, 0.4) is 0 Å². The molecule has 1 aromatic carbocycles. The molecule has 26 heavy (non-hydrogen) atoms. The molecular formula is C20H19N3O3. The predicted octanol–water partition coefficient (Wildman–Crippen LogP) is 2.58. The van der Waals surface area contributed by atoms with E-state index in [0.29, 0.717) is 12.8 Å². The number of carbonyl (C=O) groups excluding carboxylic acids is 1. The second-order valence-electron chi connectivity index (χ2n) is 6.69. The van der Waals surface area contributed by atoms with Gasteiger partial charge in [-0.1, -0.05) is 18.2 Å². The Morgan fingerprint density at radius 3 is 2.77 bits per heavy atom. The van der Waals surface area contributed by atoms with Gasteiger partial charge >= 0.3 is 0 Å². The van der Waals surface area contributed by atoms with Crippen LogP contribution in [0.25, 0.3) is 10.9 Å². The fraction of sp³-hybridized carbons (Fsp3) is 0.250. The minimum absolute atomic E-state index is 0.126. The van der Waals surface area contributed by atoms with Gasteiger partial charge in [-0.3, -0.25) is 14.8 Å². The van der Waals surface area contributed by atoms with Crippen LogP contribution in [0.5, 0.6) is 5.75 Å². The zero-order valence-electron chi connectivity index (χ0n) is 14.0. The lowest BCUT2D eigenvalue weighted by atomic mass is 9.75. The van der Waals surface area contributed by atoms with Crippen molar-refractivity contribution < 1.29 is 15.0 Å². The van der Waals surface area contributed by atoms with E-state index in [2.05, 4.69) is 15.3 Å². The van der Waals surface area contributed by atoms with Gasteiger partial charge in [0, 0.05) is 17.8 Å². The van der Waals surface area contributed by atoms with E-state index in [1.807, 2.05) is 30.3 Å². The number of carbonyl (C=O) groups is 1. The lowest BCUT2D eigenvalue weighted by Crippen LogP contribution is -2.41. The van der Waals surface area contributed by atoms with Crippen molar-refractivity contribution in [3.8, 4) is 5.75 Å². The van der Waals surface area contributed by atoms with Gasteiger partial charge in [-0.15, -0.1) is 0 Å². The Bertz CT molecular complexity index is 954. The van der Waals surface area contributed by atoms with Gasteiger partial charge in [0.15, 0.2) is 0 Å². The number of hydrogen-bond acceptors (Lipinski definition) is 5. The van der Waals surface area contributed by atoms with Gasteiger partial charge in [-0.05, 0) is 42.5 Å². The molecule has 0 aliphatic heterocycles. The van der Waals surface area contributed by atoms with Crippen LogP contribution < -0.4 is 5.32 Å². The Labute approximate surface area is 150 Å². The SMILES string of the molecule is O=C(NC(c1cnc2ccccc2c1)C1CC(O)C1)c1ccncc1O. The molecule has 6 nitrogen and oxygen atoms in total. The number of pyridine rings is 2. The van der Waals surface area contributed by atoms with E-state index in [9.17, 15) is 15.0 Å². The Morgan fingerprint density at radius 2 is 2.00 bits per heavy atom. The first-order valence-corrected chi connectivity index (χ1v) is 8.58. The average molecular weight is 349 g/mol. The van der Waals surface area contributed by atoms with Gasteiger partial charge in [-0.2, -0.15) is 0 Å². The summed E-state index contributed by atoms with van der Waals surface area (Å²) < 4.78 is 0. The molecule has 0 bridgehead atoms. The maximum atomic E-state index is 12.7. The van der Waals surface area contributed by atoms with E-state index in [4.69, 9.17) is 0 Å². The van der Waals surface area contributed by atoms with Crippen LogP contribution in [0.4, 0.5) is 0 Å². The molecule has 132 valence electrons. The fourth-order valence-electron chi connectivity index (χ4n) is 3.43. The second-order valence-corrected chi connectivity index (χ2v) is 6.69. The molecule has 1 amide bonds. The summed E-state index contributed by atoms with van der Waals surface area (Å²) in [5, 5.41) is 23.6. The quantitative estimate of drug-likeness (QED) is 0.673. The van der Waals surface area contributed by atoms with Gasteiger partial charge in [0.05, 0.1) is 29.4 Å². The molecule has 1 atom stereocenters. The van der Waals surface area contributed by atoms with Gasteiger partial charge in [0.2, 0.25) is 0 Å². The van der Waals surface area contributed by atoms with Crippen molar-refractivity contribution in [3.05, 3.63) is 66.1 Å². The summed E-state index contributed by atoms with van der Waals surface area (Å²) in [7, 11) is 0. The number of fused-ring (bicyclic) bond motifs is 1. The third-order valence-corrected chi connectivity index (χ3v) is 4.92. The normalized spacial score (nSPS) is 20.3. The minimum atomic E-state index is -0.371. The summed E-state index contributed by atoms with van der Waals surface area (Å²) in [4.78, 5) is 20.9. The van der Waals surface area contributed by atoms with Crippen LogP contribution in [0.1, 0.15) is 34.8 Å². The number of benzene rings is 1. The topological polar surface area (TPSA) is 95.3 Å². The summed E-state index contributed by atoms with van der Waals surface area (Å²) in [5.41, 5.74) is 1.96. The van der Waals surface area contributed by atoms with Crippen LogP contribution in [0.2, 0.25) is 0 Å². The van der Waals surface area contributed by atoms with Crippen molar-refractivity contribution in [2.24, 2.45) is 5.92 Å². The third kappa shape index (κ3) is 3.11. The number of para-hydroxylation sites is 1. The van der Waals surface area contributed by atoms with E-state index >= 15 is 0 Å². The molecule has 1 aliphatic rings. The van der Waals surface area contributed by atoms with Crippen molar-refractivity contribution >= 4 is 16.8 Å². The van der Waals surface area contributed by atoms with Crippen LogP contribution >= 0.6 is 0 Å². The van der Waals surface area contributed by atoms with Crippen LogP contribution in [-0.4, -0.2) is 32.2 Å². The molecule has 1 unspecified atom stereocenters. The van der Waals surface area contributed by atoms with Crippen molar-refractivity contribution in [1.29, 1.82) is 0 Å². The summed E-state index contributed by atoms with van der Waals surface area (Å²) in [6.07, 6.45) is 5.40. The van der Waals surface area contributed by atoms with Gasteiger partial charge in [-0.25, -0.2) is 0 Å². The smallest absolute Gasteiger partial charge is 0.255 e. The first-order valence-electron chi connectivity index (χ1n) is 8.58. The molecule has 2 aromatic heterocycles. The molecule has 1 saturated carbocycles. The molecule has 3 N–H and O–H groups in total. The Hall–Kier alpha value is -2.99. The Morgan fingerprint density at radius 1 is 1.19 bits per heavy atom. The Balaban J connectivity index is 1.65. The minimum Gasteiger partial charge on any atom is -0.505 e. The van der Waals surface area contributed by atoms with E-state index < -0.39 is 0 Å². The largest absolute Gasteiger partial charge is 0.505 e. The zero-order valence-corrected chi connectivity index (χ0v) is 14.0. The second kappa shape index (κ2) is 6.72. The number of aromatic nitrogens is 2. The van der Waals surface area contributed by atoms with Gasteiger partial charge in [0.25, 0.3) is 5.91 Å². The van der Waals surface area contributed by atoms with E-state index in [0.717, 1.165) is 16.5 Å². The number of nitrogens with one attached hydrogen (secondary N) is 1. The fourth-order valence-corrected chi connectivity index (χ4v) is 3.43. The zero-order chi connectivity index (χ0) is 18.1. The number of rotatable bonds is 4. The van der Waals surface area contributed by atoms with Gasteiger partial charge < -0.3 is 15.5 Å². The highest BCUT2D eigenvalue weighted by atomic mass is 16.3. The number of hydrogen-bond donors (Lipinski definition) is 3. The third-order valence-electron chi connectivity index (χ3n) is 4.92. The van der Waals surface area contributed by atoms with Crippen LogP contribution in [-0.2, 0) is 0 Å². The number of aliphatic hydroxyl groups is 1. The Kier molecular flexibility index (Phi) is 4.26. The first kappa shape index (κ1) is 16.5. The number of aliphatic hydroxyl groups excluding tert-OH is 1. The number of nitrogens with zero attached hydrogens (tertiary/aromatic N) is 2. The van der Waals surface area contributed by atoms with E-state index in [1.54, 1.807) is 6.20 Å². The summed E-state index contributed by atoms with van der Waals surface area (Å²) >= 11 is 0. The average Bonchev–Trinajstić information content (AvgIpc) is 2.63. The first-order chi connectivity index (χ1) is 12.6. The molecule has 3 aromatic rings. The molecule has 0 saturated heterocycles. The molecule has 6 heteroatoms. The highest BCUT2D eigenvalue weighted by molar-refractivity contribution is 5.96. The van der Waals surface area contributed by atoms with Crippen molar-refractivity contribution in [2.75, 3.05) is 0 Å². The molecular weight excluding hydrogens is 330 g/mol. The monoisotopic (exact) mass is 349 g/mol. The number of amides is 1.